The summed E-state index contributed by atoms with van der Waals surface area (Å²) in [6.45, 7) is 1.52. The van der Waals surface area contributed by atoms with Crippen LogP contribution in [0.1, 0.15) is 34.4 Å². The van der Waals surface area contributed by atoms with Gasteiger partial charge in [0.15, 0.2) is 0 Å². The van der Waals surface area contributed by atoms with E-state index in [1.807, 2.05) is 0 Å². The highest BCUT2D eigenvalue weighted by molar-refractivity contribution is 9.10. The maximum absolute atomic E-state index is 10.3. The van der Waals surface area contributed by atoms with Crippen molar-refractivity contribution in [2.75, 3.05) is 13.2 Å². The van der Waals surface area contributed by atoms with E-state index in [9.17, 15) is 5.26 Å². The van der Waals surface area contributed by atoms with Gasteiger partial charge in [0.05, 0.1) is 24.7 Å². The van der Waals surface area contributed by atoms with Crippen molar-refractivity contribution in [3.63, 3.8) is 0 Å². The highest BCUT2D eigenvalue weighted by atomic mass is 79.9. The van der Waals surface area contributed by atoms with Crippen LogP contribution < -0.4 is 0 Å². The van der Waals surface area contributed by atoms with E-state index in [0.717, 1.165) is 17.7 Å². The van der Waals surface area contributed by atoms with Crippen LogP contribution in [-0.4, -0.2) is 13.2 Å². The number of rotatable bonds is 1. The number of hydrogen-bond donors (Lipinski definition) is 0. The molecule has 1 spiro atoms. The van der Waals surface area contributed by atoms with E-state index < -0.39 is 0 Å². The van der Waals surface area contributed by atoms with Crippen molar-refractivity contribution >= 4 is 15.9 Å². The van der Waals surface area contributed by atoms with Gasteiger partial charge in [0, 0.05) is 21.7 Å². The molecule has 3 aliphatic carbocycles. The molecule has 24 heavy (non-hydrogen) atoms. The summed E-state index contributed by atoms with van der Waals surface area (Å²) in [6, 6.07) is 20.2. The van der Waals surface area contributed by atoms with E-state index in [1.54, 1.807) is 0 Å². The lowest BCUT2D eigenvalue weighted by molar-refractivity contribution is 0.00626. The number of halogens is 1. The van der Waals surface area contributed by atoms with Gasteiger partial charge in [-0.15, -0.1) is 0 Å². The fraction of sp³-hybridized carbons (Fsp3) is 0.381. The summed E-state index contributed by atoms with van der Waals surface area (Å²) in [5.74, 6) is 1.53. The summed E-state index contributed by atoms with van der Waals surface area (Å²) in [6.07, 6.45) is 0. The Morgan fingerprint density at radius 2 is 1.79 bits per heavy atom. The Morgan fingerprint density at radius 3 is 2.54 bits per heavy atom. The first-order valence-electron chi connectivity index (χ1n) is 8.59. The Labute approximate surface area is 149 Å². The van der Waals surface area contributed by atoms with Crippen LogP contribution in [0.2, 0.25) is 0 Å². The molecule has 4 aliphatic rings. The smallest absolute Gasteiger partial charge is 0.0811 e. The van der Waals surface area contributed by atoms with Crippen LogP contribution in [0.5, 0.6) is 0 Å². The predicted octanol–water partition coefficient (Wildman–Crippen LogP) is 4.58. The minimum atomic E-state index is -0.277. The van der Waals surface area contributed by atoms with Crippen LogP contribution in [0, 0.1) is 28.1 Å². The summed E-state index contributed by atoms with van der Waals surface area (Å²) in [4.78, 5) is 0. The molecule has 2 nitrogen and oxygen atoms in total. The summed E-state index contributed by atoms with van der Waals surface area (Å²) in [7, 11) is 0. The Bertz CT molecular complexity index is 916. The minimum Gasteiger partial charge on any atom is -0.380 e. The molecule has 1 saturated heterocycles. The van der Waals surface area contributed by atoms with Crippen molar-refractivity contribution in [2.24, 2.45) is 16.7 Å². The molecular weight excluding hydrogens is 362 g/mol. The van der Waals surface area contributed by atoms with Gasteiger partial charge >= 0.3 is 0 Å². The fourth-order valence-electron chi connectivity index (χ4n) is 6.76. The first-order chi connectivity index (χ1) is 11.8. The van der Waals surface area contributed by atoms with Crippen molar-refractivity contribution in [1.82, 2.24) is 0 Å². The molecular formula is C21H16BrNO. The largest absolute Gasteiger partial charge is 0.380 e. The first-order valence-corrected chi connectivity index (χ1v) is 9.38. The molecule has 118 valence electrons. The van der Waals surface area contributed by atoms with E-state index in [1.165, 1.54) is 16.7 Å². The Hall–Kier alpha value is -1.63. The quantitative estimate of drug-likeness (QED) is 0.728. The lowest BCUT2D eigenvalue weighted by atomic mass is 9.75. The van der Waals surface area contributed by atoms with Crippen LogP contribution in [-0.2, 0) is 4.74 Å². The van der Waals surface area contributed by atoms with E-state index in [-0.39, 0.29) is 16.7 Å². The summed E-state index contributed by atoms with van der Waals surface area (Å²) < 4.78 is 7.14. The van der Waals surface area contributed by atoms with Gasteiger partial charge in [-0.05, 0) is 40.7 Å². The molecule has 2 aromatic carbocycles. The standard InChI is InChI=1S/C21H16BrNO/c22-13-7-5-12(6-8-13)17-16-9-24-11-21-18(16)14-3-1-2-4-15(14)19(21)20(17,21)10-23/h1-8,16-19H,9,11H2/t16-,17-,18?,19?,20?,21?/m0/s1. The maximum Gasteiger partial charge on any atom is 0.0811 e. The SMILES string of the molecule is N#CC12C3c4ccccc4C4[C@@H](COCC431)[C@@H]2c1ccc(Br)cc1. The first kappa shape index (κ1) is 13.6. The third-order valence-corrected chi connectivity index (χ3v) is 7.80. The van der Waals surface area contributed by atoms with Crippen LogP contribution in [0.25, 0.3) is 0 Å². The maximum atomic E-state index is 10.3. The van der Waals surface area contributed by atoms with Gasteiger partial charge in [0.25, 0.3) is 0 Å². The topological polar surface area (TPSA) is 33.0 Å². The third kappa shape index (κ3) is 1.18. The predicted molar refractivity (Wildman–Crippen MR) is 93.6 cm³/mol. The minimum absolute atomic E-state index is 0.0199. The summed E-state index contributed by atoms with van der Waals surface area (Å²) >= 11 is 3.53. The van der Waals surface area contributed by atoms with Crippen LogP contribution in [0.4, 0.5) is 0 Å². The van der Waals surface area contributed by atoms with E-state index in [0.29, 0.717) is 17.8 Å². The molecule has 1 heterocycles. The second-order valence-corrected chi connectivity index (χ2v) is 8.68. The molecule has 0 aromatic heterocycles. The van der Waals surface area contributed by atoms with E-state index in [4.69, 9.17) is 4.74 Å². The number of hydrogen-bond acceptors (Lipinski definition) is 2. The second kappa shape index (κ2) is 4.12. The zero-order valence-electron chi connectivity index (χ0n) is 13.1. The molecule has 2 saturated carbocycles. The van der Waals surface area contributed by atoms with Crippen molar-refractivity contribution in [3.8, 4) is 6.07 Å². The second-order valence-electron chi connectivity index (χ2n) is 7.77. The lowest BCUT2D eigenvalue weighted by Gasteiger charge is -2.33. The number of fused-ring (bicyclic) bond motifs is 3. The molecule has 1 aliphatic heterocycles. The Morgan fingerprint density at radius 1 is 1.04 bits per heavy atom. The Kier molecular flexibility index (Phi) is 2.34. The van der Waals surface area contributed by atoms with Crippen molar-refractivity contribution in [2.45, 2.75) is 17.8 Å². The van der Waals surface area contributed by atoms with E-state index >= 15 is 0 Å². The monoisotopic (exact) mass is 377 g/mol. The molecule has 3 fully saturated rings. The van der Waals surface area contributed by atoms with Crippen molar-refractivity contribution in [1.29, 1.82) is 5.26 Å². The molecule has 6 rings (SSSR count). The van der Waals surface area contributed by atoms with Gasteiger partial charge in [-0.2, -0.15) is 5.26 Å². The molecule has 0 N–H and O–H groups in total. The number of benzene rings is 2. The van der Waals surface area contributed by atoms with Crippen LogP contribution in [0.3, 0.4) is 0 Å². The third-order valence-electron chi connectivity index (χ3n) is 7.27. The van der Waals surface area contributed by atoms with Gasteiger partial charge < -0.3 is 4.74 Å². The fourth-order valence-corrected chi connectivity index (χ4v) is 7.02. The molecule has 3 heteroatoms. The molecule has 6 atom stereocenters. The van der Waals surface area contributed by atoms with E-state index in [2.05, 4.69) is 70.5 Å². The molecule has 0 radical (unpaired) electrons. The van der Waals surface area contributed by atoms with Crippen molar-refractivity contribution in [3.05, 3.63) is 69.7 Å². The average molecular weight is 378 g/mol. The van der Waals surface area contributed by atoms with Gasteiger partial charge in [0.1, 0.15) is 0 Å². The number of ether oxygens (including phenoxy) is 1. The van der Waals surface area contributed by atoms with Gasteiger partial charge in [-0.1, -0.05) is 52.3 Å². The van der Waals surface area contributed by atoms with Crippen LogP contribution >= 0.6 is 15.9 Å². The molecule has 2 bridgehead atoms. The Balaban J connectivity index is 1.62. The number of nitrogens with zero attached hydrogens (tertiary/aromatic N) is 1. The van der Waals surface area contributed by atoms with Gasteiger partial charge in [-0.3, -0.25) is 0 Å². The highest BCUT2D eigenvalue weighted by Crippen LogP contribution is 2.94. The summed E-state index contributed by atoms with van der Waals surface area (Å²) in [5, 5.41) is 10.3. The molecule has 2 aromatic rings. The zero-order valence-corrected chi connectivity index (χ0v) is 14.7. The average Bonchev–Trinajstić information content (AvgIpc) is 3.02. The molecule has 0 amide bonds. The lowest BCUT2D eigenvalue weighted by Crippen LogP contribution is -2.31. The van der Waals surface area contributed by atoms with Crippen LogP contribution in [0.15, 0.2) is 53.0 Å². The van der Waals surface area contributed by atoms with Gasteiger partial charge in [0.2, 0.25) is 0 Å². The molecule has 4 unspecified atom stereocenters. The summed E-state index contributed by atoms with van der Waals surface area (Å²) in [5.41, 5.74) is 3.95. The van der Waals surface area contributed by atoms with Gasteiger partial charge in [-0.25, -0.2) is 0 Å². The highest BCUT2D eigenvalue weighted by Gasteiger charge is 2.92. The zero-order chi connectivity index (χ0) is 16.1. The van der Waals surface area contributed by atoms with Crippen molar-refractivity contribution < 1.29 is 4.74 Å². The number of nitriles is 1. The normalized spacial score (nSPS) is 43.0.